The predicted octanol–water partition coefficient (Wildman–Crippen LogP) is 7.59. The van der Waals surface area contributed by atoms with Crippen LogP contribution in [0.2, 0.25) is 0 Å². The number of rotatable bonds is 26. The normalized spacial score (nSPS) is 18.2. The molecule has 4 atom stereocenters. The van der Waals surface area contributed by atoms with Crippen molar-refractivity contribution in [2.45, 2.75) is 142 Å². The van der Waals surface area contributed by atoms with Crippen LogP contribution in [0.15, 0.2) is 36.5 Å². The molecule has 0 fully saturated rings. The fourth-order valence-electron chi connectivity index (χ4n) is 5.14. The summed E-state index contributed by atoms with van der Waals surface area (Å²) in [7, 11) is 0. The summed E-state index contributed by atoms with van der Waals surface area (Å²) in [6.07, 6.45) is 25.5. The number of esters is 2. The standard InChI is InChI=1S/C36H60O7/c1-4-5-13-20-31(38)24-25-33-30(23-26-34(33)39)19-15-11-12-16-21-35(40)42-28-32(27-37)43-36(41)22-17-10-8-6-7-9-14-18-29(2)3/h11,15,23-26,29-33,37-38H,4-10,12-14,16-22,27-28H2,1-3H3/b15-11-,25-24+/t30-,31-,32-,33+/m0/s1. The van der Waals surface area contributed by atoms with E-state index in [0.29, 0.717) is 19.3 Å². The van der Waals surface area contributed by atoms with Crippen LogP contribution in [0.3, 0.4) is 0 Å². The number of allylic oxidation sites excluding steroid dienone is 5. The van der Waals surface area contributed by atoms with E-state index >= 15 is 0 Å². The predicted molar refractivity (Wildman–Crippen MR) is 172 cm³/mol. The van der Waals surface area contributed by atoms with Crippen molar-refractivity contribution in [2.24, 2.45) is 17.8 Å². The lowest BCUT2D eigenvalue weighted by atomic mass is 9.90. The van der Waals surface area contributed by atoms with Crippen LogP contribution in [0.25, 0.3) is 0 Å². The highest BCUT2D eigenvalue weighted by molar-refractivity contribution is 5.95. The number of aliphatic hydroxyl groups excluding tert-OH is 2. The van der Waals surface area contributed by atoms with Gasteiger partial charge in [-0.1, -0.05) is 115 Å². The molecule has 1 aliphatic carbocycles. The SMILES string of the molecule is CCCCC[C@H](O)/C=C/[C@H]1C(=O)C=C[C@@H]1C/C=C\CCCC(=O)OC[C@H](CO)OC(=O)CCCCCCCCCC(C)C. The molecular weight excluding hydrogens is 544 g/mol. The number of ketones is 1. The molecule has 0 aromatic heterocycles. The summed E-state index contributed by atoms with van der Waals surface area (Å²) >= 11 is 0. The van der Waals surface area contributed by atoms with Gasteiger partial charge in [0.25, 0.3) is 0 Å². The zero-order chi connectivity index (χ0) is 31.7. The van der Waals surface area contributed by atoms with Gasteiger partial charge in [0, 0.05) is 18.8 Å². The molecule has 1 rings (SSSR count). The number of carbonyl (C=O) groups is 3. The molecule has 7 heteroatoms. The maximum absolute atomic E-state index is 12.2. The minimum absolute atomic E-state index is 0.0725. The summed E-state index contributed by atoms with van der Waals surface area (Å²) in [5.41, 5.74) is 0. The molecule has 0 aromatic rings. The average molecular weight is 605 g/mol. The van der Waals surface area contributed by atoms with E-state index in [4.69, 9.17) is 9.47 Å². The lowest BCUT2D eigenvalue weighted by molar-refractivity contribution is -0.161. The van der Waals surface area contributed by atoms with Gasteiger partial charge in [-0.05, 0) is 50.0 Å². The Morgan fingerprint density at radius 3 is 2.28 bits per heavy atom. The van der Waals surface area contributed by atoms with Crippen molar-refractivity contribution in [2.75, 3.05) is 13.2 Å². The highest BCUT2D eigenvalue weighted by atomic mass is 16.6. The molecule has 0 saturated carbocycles. The Kier molecular flexibility index (Phi) is 22.6. The molecule has 0 spiro atoms. The van der Waals surface area contributed by atoms with Crippen molar-refractivity contribution in [3.63, 3.8) is 0 Å². The first-order valence-corrected chi connectivity index (χ1v) is 17.0. The van der Waals surface area contributed by atoms with Gasteiger partial charge in [-0.2, -0.15) is 0 Å². The van der Waals surface area contributed by atoms with Crippen molar-refractivity contribution in [3.8, 4) is 0 Å². The molecule has 0 saturated heterocycles. The molecule has 7 nitrogen and oxygen atoms in total. The van der Waals surface area contributed by atoms with Crippen molar-refractivity contribution in [1.82, 2.24) is 0 Å². The summed E-state index contributed by atoms with van der Waals surface area (Å²) in [6.45, 7) is 6.11. The number of hydrogen-bond donors (Lipinski definition) is 2. The Balaban J connectivity index is 2.16. The minimum atomic E-state index is -0.834. The van der Waals surface area contributed by atoms with Crippen LogP contribution in [-0.2, 0) is 23.9 Å². The second-order valence-electron chi connectivity index (χ2n) is 12.4. The minimum Gasteiger partial charge on any atom is -0.462 e. The molecule has 0 heterocycles. The summed E-state index contributed by atoms with van der Waals surface area (Å²) in [6, 6.07) is 0. The van der Waals surface area contributed by atoms with Crippen LogP contribution in [0, 0.1) is 17.8 Å². The fraction of sp³-hybridized carbons (Fsp3) is 0.750. The third kappa shape index (κ3) is 20.4. The van der Waals surface area contributed by atoms with Crippen LogP contribution in [-0.4, -0.2) is 53.4 Å². The topological polar surface area (TPSA) is 110 Å². The molecular formula is C36H60O7. The Morgan fingerprint density at radius 2 is 1.58 bits per heavy atom. The van der Waals surface area contributed by atoms with E-state index in [2.05, 4.69) is 20.8 Å². The number of carbonyl (C=O) groups excluding carboxylic acids is 3. The molecule has 0 unspecified atom stereocenters. The molecule has 43 heavy (non-hydrogen) atoms. The third-order valence-electron chi connectivity index (χ3n) is 7.86. The second kappa shape index (κ2) is 25.1. The van der Waals surface area contributed by atoms with E-state index in [9.17, 15) is 24.6 Å². The Labute approximate surface area is 261 Å². The summed E-state index contributed by atoms with van der Waals surface area (Å²) in [5.74, 6) is -0.0588. The third-order valence-corrected chi connectivity index (χ3v) is 7.86. The van der Waals surface area contributed by atoms with Crippen molar-refractivity contribution in [3.05, 3.63) is 36.5 Å². The quantitative estimate of drug-likeness (QED) is 0.0595. The fourth-order valence-corrected chi connectivity index (χ4v) is 5.14. The summed E-state index contributed by atoms with van der Waals surface area (Å²) in [5, 5.41) is 19.6. The van der Waals surface area contributed by atoms with Gasteiger partial charge in [-0.25, -0.2) is 0 Å². The van der Waals surface area contributed by atoms with Gasteiger partial charge in [-0.3, -0.25) is 14.4 Å². The number of aliphatic hydroxyl groups is 2. The van der Waals surface area contributed by atoms with Gasteiger partial charge < -0.3 is 19.7 Å². The lowest BCUT2D eigenvalue weighted by Gasteiger charge is -2.15. The molecule has 0 aromatic carbocycles. The van der Waals surface area contributed by atoms with E-state index < -0.39 is 12.2 Å². The van der Waals surface area contributed by atoms with Gasteiger partial charge >= 0.3 is 11.9 Å². The molecule has 0 amide bonds. The Bertz CT molecular complexity index is 845. The first-order chi connectivity index (χ1) is 20.8. The summed E-state index contributed by atoms with van der Waals surface area (Å²) in [4.78, 5) is 36.4. The van der Waals surface area contributed by atoms with Crippen molar-refractivity contribution < 1.29 is 34.1 Å². The zero-order valence-electron chi connectivity index (χ0n) is 27.2. The number of unbranched alkanes of at least 4 members (excludes halogenated alkanes) is 9. The van der Waals surface area contributed by atoms with Crippen molar-refractivity contribution >= 4 is 17.7 Å². The van der Waals surface area contributed by atoms with Crippen LogP contribution < -0.4 is 0 Å². The highest BCUT2D eigenvalue weighted by Gasteiger charge is 2.27. The van der Waals surface area contributed by atoms with E-state index in [1.54, 1.807) is 12.2 Å². The first kappa shape index (κ1) is 38.8. The second-order valence-corrected chi connectivity index (χ2v) is 12.4. The molecule has 0 aliphatic heterocycles. The molecule has 246 valence electrons. The zero-order valence-corrected chi connectivity index (χ0v) is 27.2. The van der Waals surface area contributed by atoms with E-state index in [0.717, 1.165) is 57.3 Å². The molecule has 0 bridgehead atoms. The van der Waals surface area contributed by atoms with E-state index in [1.165, 1.54) is 32.1 Å². The highest BCUT2D eigenvalue weighted by Crippen LogP contribution is 2.27. The first-order valence-electron chi connectivity index (χ1n) is 17.0. The smallest absolute Gasteiger partial charge is 0.306 e. The Hall–Kier alpha value is -2.25. The largest absolute Gasteiger partial charge is 0.462 e. The maximum Gasteiger partial charge on any atom is 0.306 e. The van der Waals surface area contributed by atoms with Gasteiger partial charge in [0.05, 0.1) is 12.7 Å². The van der Waals surface area contributed by atoms with E-state index in [-0.39, 0.29) is 49.2 Å². The van der Waals surface area contributed by atoms with E-state index in [1.807, 2.05) is 24.3 Å². The molecule has 1 aliphatic rings. The lowest BCUT2D eigenvalue weighted by Crippen LogP contribution is -2.28. The van der Waals surface area contributed by atoms with Gasteiger partial charge in [-0.15, -0.1) is 0 Å². The van der Waals surface area contributed by atoms with Gasteiger partial charge in [0.2, 0.25) is 0 Å². The Morgan fingerprint density at radius 1 is 0.907 bits per heavy atom. The van der Waals surface area contributed by atoms with Gasteiger partial charge in [0.15, 0.2) is 11.9 Å². The summed E-state index contributed by atoms with van der Waals surface area (Å²) < 4.78 is 10.5. The van der Waals surface area contributed by atoms with Crippen LogP contribution >= 0.6 is 0 Å². The van der Waals surface area contributed by atoms with Crippen LogP contribution in [0.1, 0.15) is 130 Å². The maximum atomic E-state index is 12.2. The van der Waals surface area contributed by atoms with Crippen LogP contribution in [0.4, 0.5) is 0 Å². The number of ether oxygens (including phenoxy) is 2. The van der Waals surface area contributed by atoms with Crippen LogP contribution in [0.5, 0.6) is 0 Å². The average Bonchev–Trinajstić information content (AvgIpc) is 3.33. The molecule has 2 N–H and O–H groups in total. The van der Waals surface area contributed by atoms with Crippen molar-refractivity contribution in [1.29, 1.82) is 0 Å². The number of hydrogen-bond acceptors (Lipinski definition) is 7. The molecule has 0 radical (unpaired) electrons. The van der Waals surface area contributed by atoms with Gasteiger partial charge in [0.1, 0.15) is 6.61 Å². The monoisotopic (exact) mass is 604 g/mol.